The number of anilines is 1. The maximum Gasteiger partial charge on any atom is 0.126 e. The summed E-state index contributed by atoms with van der Waals surface area (Å²) in [6.07, 6.45) is 1.80. The highest BCUT2D eigenvalue weighted by atomic mass is 15.0. The third-order valence-corrected chi connectivity index (χ3v) is 3.13. The van der Waals surface area contributed by atoms with Crippen molar-refractivity contribution in [3.63, 3.8) is 0 Å². The Bertz CT molecular complexity index is 693. The van der Waals surface area contributed by atoms with E-state index < -0.39 is 0 Å². The Balaban J connectivity index is 1.82. The second-order valence-electron chi connectivity index (χ2n) is 4.50. The van der Waals surface area contributed by atoms with Crippen molar-refractivity contribution in [1.82, 2.24) is 9.97 Å². The molecule has 0 amide bonds. The summed E-state index contributed by atoms with van der Waals surface area (Å²) < 4.78 is 0. The first kappa shape index (κ1) is 11.7. The fraction of sp³-hybridized carbons (Fsp3) is 0.125. The van der Waals surface area contributed by atoms with Crippen LogP contribution in [0.1, 0.15) is 11.3 Å². The summed E-state index contributed by atoms with van der Waals surface area (Å²) in [7, 11) is 0. The predicted molar refractivity (Wildman–Crippen MR) is 78.0 cm³/mol. The fourth-order valence-electron chi connectivity index (χ4n) is 2.08. The van der Waals surface area contributed by atoms with Crippen LogP contribution in [0.3, 0.4) is 0 Å². The molecule has 1 N–H and O–H groups in total. The van der Waals surface area contributed by atoms with Crippen molar-refractivity contribution >= 4 is 16.7 Å². The van der Waals surface area contributed by atoms with Crippen LogP contribution in [0.25, 0.3) is 10.9 Å². The molecule has 2 heterocycles. The van der Waals surface area contributed by atoms with Crippen molar-refractivity contribution in [2.75, 3.05) is 5.32 Å². The molecular weight excluding hydrogens is 234 g/mol. The Kier molecular flexibility index (Phi) is 3.11. The van der Waals surface area contributed by atoms with Crippen LogP contribution >= 0.6 is 0 Å². The number of benzene rings is 1. The molecule has 0 saturated carbocycles. The van der Waals surface area contributed by atoms with Gasteiger partial charge in [0.15, 0.2) is 0 Å². The van der Waals surface area contributed by atoms with Crippen molar-refractivity contribution in [3.8, 4) is 0 Å². The molecule has 0 aliphatic heterocycles. The molecule has 3 heteroatoms. The van der Waals surface area contributed by atoms with E-state index in [0.29, 0.717) is 0 Å². The standard InChI is InChI=1S/C16H15N3/c1-12-14-7-8-16(19-15(14)9-10-17-12)18-11-13-5-3-2-4-6-13/h2-10H,11H2,1H3,(H,18,19). The minimum absolute atomic E-state index is 0.781. The molecule has 0 fully saturated rings. The zero-order valence-electron chi connectivity index (χ0n) is 10.8. The summed E-state index contributed by atoms with van der Waals surface area (Å²) in [6.45, 7) is 2.78. The number of pyridine rings is 2. The first-order valence-electron chi connectivity index (χ1n) is 6.33. The lowest BCUT2D eigenvalue weighted by molar-refractivity contribution is 1.12. The van der Waals surface area contributed by atoms with E-state index >= 15 is 0 Å². The molecule has 94 valence electrons. The van der Waals surface area contributed by atoms with Crippen LogP contribution in [0.2, 0.25) is 0 Å². The SMILES string of the molecule is Cc1nccc2nc(NCc3ccccc3)ccc12. The van der Waals surface area contributed by atoms with Crippen LogP contribution < -0.4 is 5.32 Å². The monoisotopic (exact) mass is 249 g/mol. The van der Waals surface area contributed by atoms with Gasteiger partial charge in [0.2, 0.25) is 0 Å². The maximum absolute atomic E-state index is 4.60. The van der Waals surface area contributed by atoms with Crippen molar-refractivity contribution in [1.29, 1.82) is 0 Å². The average Bonchev–Trinajstić information content (AvgIpc) is 2.46. The van der Waals surface area contributed by atoms with E-state index in [1.54, 1.807) is 6.20 Å². The Labute approximate surface area is 112 Å². The van der Waals surface area contributed by atoms with Gasteiger partial charge in [0.25, 0.3) is 0 Å². The quantitative estimate of drug-likeness (QED) is 0.771. The van der Waals surface area contributed by atoms with Crippen molar-refractivity contribution < 1.29 is 0 Å². The highest BCUT2D eigenvalue weighted by Gasteiger charge is 2.01. The first-order valence-corrected chi connectivity index (χ1v) is 6.33. The highest BCUT2D eigenvalue weighted by Crippen LogP contribution is 2.17. The van der Waals surface area contributed by atoms with E-state index in [4.69, 9.17) is 0 Å². The third kappa shape index (κ3) is 2.55. The Morgan fingerprint density at radius 2 is 1.84 bits per heavy atom. The van der Waals surface area contributed by atoms with E-state index in [-0.39, 0.29) is 0 Å². The zero-order chi connectivity index (χ0) is 13.1. The molecule has 1 aromatic carbocycles. The van der Waals surface area contributed by atoms with Crippen LogP contribution in [-0.4, -0.2) is 9.97 Å². The number of aryl methyl sites for hydroxylation is 1. The maximum atomic E-state index is 4.60. The molecule has 0 spiro atoms. The minimum atomic E-state index is 0.781. The molecule has 2 aromatic heterocycles. The highest BCUT2D eigenvalue weighted by molar-refractivity contribution is 5.81. The number of aromatic nitrogens is 2. The van der Waals surface area contributed by atoms with E-state index in [0.717, 1.165) is 29.0 Å². The largest absolute Gasteiger partial charge is 0.366 e. The van der Waals surface area contributed by atoms with Gasteiger partial charge in [0, 0.05) is 23.8 Å². The molecule has 0 bridgehead atoms. The summed E-state index contributed by atoms with van der Waals surface area (Å²) in [5, 5.41) is 4.45. The summed E-state index contributed by atoms with van der Waals surface area (Å²) in [4.78, 5) is 8.87. The number of nitrogens with zero attached hydrogens (tertiary/aromatic N) is 2. The van der Waals surface area contributed by atoms with E-state index in [1.807, 2.05) is 37.3 Å². The smallest absolute Gasteiger partial charge is 0.126 e. The van der Waals surface area contributed by atoms with Crippen LogP contribution in [-0.2, 0) is 6.54 Å². The first-order chi connectivity index (χ1) is 9.33. The number of rotatable bonds is 3. The molecule has 3 aromatic rings. The van der Waals surface area contributed by atoms with E-state index in [1.165, 1.54) is 5.56 Å². The summed E-state index contributed by atoms with van der Waals surface area (Å²) >= 11 is 0. The lowest BCUT2D eigenvalue weighted by atomic mass is 10.2. The molecule has 0 aliphatic carbocycles. The summed E-state index contributed by atoms with van der Waals surface area (Å²) in [6, 6.07) is 16.3. The van der Waals surface area contributed by atoms with Gasteiger partial charge in [0.1, 0.15) is 5.82 Å². The third-order valence-electron chi connectivity index (χ3n) is 3.13. The lowest BCUT2D eigenvalue weighted by Gasteiger charge is -2.07. The average molecular weight is 249 g/mol. The second kappa shape index (κ2) is 5.06. The molecule has 3 rings (SSSR count). The van der Waals surface area contributed by atoms with Gasteiger partial charge in [-0.2, -0.15) is 0 Å². The van der Waals surface area contributed by atoms with Crippen LogP contribution in [0.5, 0.6) is 0 Å². The van der Waals surface area contributed by atoms with Gasteiger partial charge in [-0.05, 0) is 30.7 Å². The van der Waals surface area contributed by atoms with Gasteiger partial charge in [-0.3, -0.25) is 4.98 Å². The summed E-state index contributed by atoms with van der Waals surface area (Å²) in [5.74, 6) is 0.891. The molecule has 0 unspecified atom stereocenters. The molecule has 3 nitrogen and oxygen atoms in total. The zero-order valence-corrected chi connectivity index (χ0v) is 10.8. The normalized spacial score (nSPS) is 10.6. The summed E-state index contributed by atoms with van der Waals surface area (Å²) in [5.41, 5.74) is 3.24. The number of fused-ring (bicyclic) bond motifs is 1. The van der Waals surface area contributed by atoms with Gasteiger partial charge < -0.3 is 5.32 Å². The molecule has 19 heavy (non-hydrogen) atoms. The van der Waals surface area contributed by atoms with Crippen LogP contribution in [0.4, 0.5) is 5.82 Å². The van der Waals surface area contributed by atoms with Crippen LogP contribution in [0.15, 0.2) is 54.7 Å². The van der Waals surface area contributed by atoms with Gasteiger partial charge in [-0.25, -0.2) is 4.98 Å². The predicted octanol–water partition coefficient (Wildman–Crippen LogP) is 3.55. The minimum Gasteiger partial charge on any atom is -0.366 e. The van der Waals surface area contributed by atoms with Gasteiger partial charge >= 0.3 is 0 Å². The Morgan fingerprint density at radius 1 is 1.00 bits per heavy atom. The van der Waals surface area contributed by atoms with E-state index in [2.05, 4.69) is 33.5 Å². The van der Waals surface area contributed by atoms with Gasteiger partial charge in [-0.1, -0.05) is 30.3 Å². The molecule has 0 saturated heterocycles. The second-order valence-corrected chi connectivity index (χ2v) is 4.50. The van der Waals surface area contributed by atoms with Gasteiger partial charge in [-0.15, -0.1) is 0 Å². The Hall–Kier alpha value is -2.42. The molecule has 0 radical (unpaired) electrons. The Morgan fingerprint density at radius 3 is 2.68 bits per heavy atom. The molecule has 0 aliphatic rings. The molecular formula is C16H15N3. The lowest BCUT2D eigenvalue weighted by Crippen LogP contribution is -2.01. The van der Waals surface area contributed by atoms with Crippen molar-refractivity contribution in [2.24, 2.45) is 0 Å². The number of hydrogen-bond donors (Lipinski definition) is 1. The van der Waals surface area contributed by atoms with Crippen molar-refractivity contribution in [2.45, 2.75) is 13.5 Å². The number of hydrogen-bond acceptors (Lipinski definition) is 3. The van der Waals surface area contributed by atoms with Crippen molar-refractivity contribution in [3.05, 3.63) is 66.0 Å². The van der Waals surface area contributed by atoms with Crippen LogP contribution in [0, 0.1) is 6.92 Å². The van der Waals surface area contributed by atoms with Gasteiger partial charge in [0.05, 0.1) is 5.52 Å². The molecule has 0 atom stereocenters. The number of nitrogens with one attached hydrogen (secondary N) is 1. The fourth-order valence-corrected chi connectivity index (χ4v) is 2.08. The van der Waals surface area contributed by atoms with E-state index in [9.17, 15) is 0 Å². The topological polar surface area (TPSA) is 37.8 Å².